The van der Waals surface area contributed by atoms with Crippen LogP contribution in [-0.2, 0) is 9.53 Å². The highest BCUT2D eigenvalue weighted by molar-refractivity contribution is 5.95. The van der Waals surface area contributed by atoms with Crippen molar-refractivity contribution in [3.05, 3.63) is 23.5 Å². The Morgan fingerprint density at radius 2 is 2.31 bits per heavy atom. The van der Waals surface area contributed by atoms with E-state index >= 15 is 0 Å². The van der Waals surface area contributed by atoms with Gasteiger partial charge in [-0.15, -0.1) is 0 Å². The van der Waals surface area contributed by atoms with Crippen molar-refractivity contribution >= 4 is 23.9 Å². The number of nitrogens with two attached hydrogens (primary N) is 1. The van der Waals surface area contributed by atoms with Gasteiger partial charge in [0.05, 0.1) is 6.61 Å². The molecule has 0 atom stereocenters. The van der Waals surface area contributed by atoms with Crippen LogP contribution in [0.15, 0.2) is 16.6 Å². The molecule has 86 valence electrons. The topological polar surface area (TPSA) is 103 Å². The zero-order valence-electron chi connectivity index (χ0n) is 8.60. The number of esters is 1. The van der Waals surface area contributed by atoms with E-state index < -0.39 is 11.9 Å². The van der Waals surface area contributed by atoms with Crippen LogP contribution in [-0.4, -0.2) is 23.7 Å². The van der Waals surface area contributed by atoms with Gasteiger partial charge in [-0.25, -0.2) is 9.59 Å². The molecule has 0 aliphatic rings. The smallest absolute Gasteiger partial charge is 0.343 e. The van der Waals surface area contributed by atoms with Gasteiger partial charge in [0.25, 0.3) is 0 Å². The van der Waals surface area contributed by atoms with Crippen LogP contribution in [0.3, 0.4) is 0 Å². The van der Waals surface area contributed by atoms with Gasteiger partial charge < -0.3 is 20.0 Å². The number of rotatable bonds is 4. The minimum Gasteiger partial charge on any atom is -0.478 e. The molecular weight excluding hydrogens is 214 g/mol. The first-order chi connectivity index (χ1) is 7.54. The highest BCUT2D eigenvalue weighted by Gasteiger charge is 2.15. The Morgan fingerprint density at radius 1 is 1.62 bits per heavy atom. The van der Waals surface area contributed by atoms with E-state index in [1.165, 1.54) is 12.1 Å². The number of aliphatic carboxylic acids is 1. The predicted octanol–water partition coefficient (Wildman–Crippen LogP) is 1.14. The van der Waals surface area contributed by atoms with Crippen molar-refractivity contribution in [1.29, 1.82) is 0 Å². The van der Waals surface area contributed by atoms with E-state index in [1.54, 1.807) is 6.92 Å². The maximum Gasteiger partial charge on any atom is 0.343 e. The van der Waals surface area contributed by atoms with Crippen molar-refractivity contribution in [2.75, 3.05) is 12.3 Å². The number of nitrogen functional groups attached to an aromatic ring is 1. The lowest BCUT2D eigenvalue weighted by atomic mass is 10.3. The second-order valence-electron chi connectivity index (χ2n) is 2.82. The van der Waals surface area contributed by atoms with E-state index in [9.17, 15) is 9.59 Å². The number of carboxylic acids is 1. The number of carbonyl (C=O) groups excluding carboxylic acids is 1. The highest BCUT2D eigenvalue weighted by Crippen LogP contribution is 2.19. The van der Waals surface area contributed by atoms with Gasteiger partial charge >= 0.3 is 11.9 Å². The standard InChI is InChI=1S/C10H11NO5/c1-2-15-10(14)7-5-6(16-9(7)11)3-4-8(12)13/h3-5H,2,11H2,1H3,(H,12,13)/b4-3+. The molecule has 1 aromatic rings. The molecule has 0 saturated heterocycles. The molecule has 0 unspecified atom stereocenters. The van der Waals surface area contributed by atoms with Crippen molar-refractivity contribution in [2.24, 2.45) is 0 Å². The van der Waals surface area contributed by atoms with Gasteiger partial charge in [-0.05, 0) is 13.0 Å². The zero-order chi connectivity index (χ0) is 12.1. The van der Waals surface area contributed by atoms with Crippen LogP contribution in [0.5, 0.6) is 0 Å². The fourth-order valence-electron chi connectivity index (χ4n) is 1.03. The number of hydrogen-bond donors (Lipinski definition) is 2. The molecule has 16 heavy (non-hydrogen) atoms. The lowest BCUT2D eigenvalue weighted by molar-refractivity contribution is -0.131. The number of anilines is 1. The first kappa shape index (κ1) is 11.8. The van der Waals surface area contributed by atoms with Gasteiger partial charge in [-0.2, -0.15) is 0 Å². The molecule has 1 aromatic heterocycles. The van der Waals surface area contributed by atoms with Gasteiger partial charge in [-0.1, -0.05) is 0 Å². The van der Waals surface area contributed by atoms with E-state index in [0.29, 0.717) is 0 Å². The summed E-state index contributed by atoms with van der Waals surface area (Å²) < 4.78 is 9.69. The van der Waals surface area contributed by atoms with Crippen LogP contribution >= 0.6 is 0 Å². The summed E-state index contributed by atoms with van der Waals surface area (Å²) in [5.74, 6) is -1.63. The van der Waals surface area contributed by atoms with E-state index in [-0.39, 0.29) is 23.8 Å². The normalized spacial score (nSPS) is 10.6. The first-order valence-corrected chi connectivity index (χ1v) is 4.52. The molecule has 0 bridgehead atoms. The molecule has 0 amide bonds. The Balaban J connectivity index is 2.89. The van der Waals surface area contributed by atoms with Gasteiger partial charge in [-0.3, -0.25) is 0 Å². The van der Waals surface area contributed by atoms with Gasteiger partial charge in [0.2, 0.25) is 5.88 Å². The van der Waals surface area contributed by atoms with Crippen molar-refractivity contribution in [3.63, 3.8) is 0 Å². The highest BCUT2D eigenvalue weighted by atomic mass is 16.5. The Hall–Kier alpha value is -2.24. The molecule has 6 heteroatoms. The Morgan fingerprint density at radius 3 is 2.88 bits per heavy atom. The molecule has 0 aliphatic heterocycles. The second kappa shape index (κ2) is 5.01. The molecule has 0 radical (unpaired) electrons. The first-order valence-electron chi connectivity index (χ1n) is 4.52. The lowest BCUT2D eigenvalue weighted by Crippen LogP contribution is -2.05. The summed E-state index contributed by atoms with van der Waals surface area (Å²) in [4.78, 5) is 21.6. The third kappa shape index (κ3) is 2.88. The monoisotopic (exact) mass is 225 g/mol. The largest absolute Gasteiger partial charge is 0.478 e. The summed E-state index contributed by atoms with van der Waals surface area (Å²) >= 11 is 0. The summed E-state index contributed by atoms with van der Waals surface area (Å²) in [6.45, 7) is 1.89. The van der Waals surface area contributed by atoms with Crippen molar-refractivity contribution in [1.82, 2.24) is 0 Å². The number of carbonyl (C=O) groups is 2. The number of ether oxygens (including phenoxy) is 1. The average Bonchev–Trinajstić information content (AvgIpc) is 2.57. The zero-order valence-corrected chi connectivity index (χ0v) is 8.60. The molecule has 0 spiro atoms. The number of hydrogen-bond acceptors (Lipinski definition) is 5. The summed E-state index contributed by atoms with van der Waals surface area (Å²) in [6.07, 6.45) is 2.08. The summed E-state index contributed by atoms with van der Waals surface area (Å²) in [5, 5.41) is 8.39. The number of furan rings is 1. The molecule has 1 rings (SSSR count). The van der Waals surface area contributed by atoms with Crippen molar-refractivity contribution in [2.45, 2.75) is 6.92 Å². The van der Waals surface area contributed by atoms with Crippen LogP contribution in [0.25, 0.3) is 6.08 Å². The van der Waals surface area contributed by atoms with E-state index in [1.807, 2.05) is 0 Å². The maximum absolute atomic E-state index is 11.3. The Labute approximate surface area is 91.3 Å². The summed E-state index contributed by atoms with van der Waals surface area (Å²) in [5.41, 5.74) is 5.52. The van der Waals surface area contributed by atoms with Crippen molar-refractivity contribution in [3.8, 4) is 0 Å². The Kier molecular flexibility index (Phi) is 3.71. The molecule has 0 fully saturated rings. The minimum absolute atomic E-state index is 0.0897. The third-order valence-electron chi connectivity index (χ3n) is 1.67. The predicted molar refractivity (Wildman–Crippen MR) is 55.7 cm³/mol. The fraction of sp³-hybridized carbons (Fsp3) is 0.200. The molecule has 6 nitrogen and oxygen atoms in total. The minimum atomic E-state index is -1.12. The van der Waals surface area contributed by atoms with Crippen molar-refractivity contribution < 1.29 is 23.8 Å². The summed E-state index contributed by atoms with van der Waals surface area (Å²) in [7, 11) is 0. The van der Waals surface area contributed by atoms with Gasteiger partial charge in [0, 0.05) is 12.1 Å². The lowest BCUT2D eigenvalue weighted by Gasteiger charge is -1.97. The van der Waals surface area contributed by atoms with E-state index in [2.05, 4.69) is 0 Å². The second-order valence-corrected chi connectivity index (χ2v) is 2.82. The van der Waals surface area contributed by atoms with Crippen LogP contribution in [0.4, 0.5) is 5.88 Å². The molecule has 0 saturated carbocycles. The fourth-order valence-corrected chi connectivity index (χ4v) is 1.03. The Bertz CT molecular complexity index is 432. The van der Waals surface area contributed by atoms with Crippen LogP contribution < -0.4 is 5.73 Å². The number of carboxylic acid groups (broad SMARTS) is 1. The maximum atomic E-state index is 11.3. The third-order valence-corrected chi connectivity index (χ3v) is 1.67. The molecular formula is C10H11NO5. The summed E-state index contributed by atoms with van der Waals surface area (Å²) in [6, 6.07) is 1.33. The SMILES string of the molecule is CCOC(=O)c1cc(/C=C/C(=O)O)oc1N. The van der Waals surface area contributed by atoms with E-state index in [4.69, 9.17) is 20.0 Å². The van der Waals surface area contributed by atoms with E-state index in [0.717, 1.165) is 6.08 Å². The molecule has 1 heterocycles. The van der Waals surface area contributed by atoms with Crippen LogP contribution in [0.2, 0.25) is 0 Å². The molecule has 0 aliphatic carbocycles. The van der Waals surface area contributed by atoms with Gasteiger partial charge in [0.15, 0.2) is 0 Å². The van der Waals surface area contributed by atoms with Gasteiger partial charge in [0.1, 0.15) is 11.3 Å². The molecule has 3 N–H and O–H groups in total. The average molecular weight is 225 g/mol. The van der Waals surface area contributed by atoms with Crippen LogP contribution in [0, 0.1) is 0 Å². The molecule has 0 aromatic carbocycles. The quantitative estimate of drug-likeness (QED) is 0.588. The van der Waals surface area contributed by atoms with Crippen LogP contribution in [0.1, 0.15) is 23.0 Å².